The highest BCUT2D eigenvalue weighted by atomic mass is 16.2. The first-order valence-corrected chi connectivity index (χ1v) is 11.4. The zero-order valence-corrected chi connectivity index (χ0v) is 18.3. The van der Waals surface area contributed by atoms with Crippen LogP contribution in [-0.2, 0) is 16.1 Å². The molecule has 30 heavy (non-hydrogen) atoms. The van der Waals surface area contributed by atoms with Crippen molar-refractivity contribution in [2.24, 2.45) is 11.8 Å². The van der Waals surface area contributed by atoms with E-state index in [0.717, 1.165) is 51.0 Å². The van der Waals surface area contributed by atoms with Crippen LogP contribution in [0.3, 0.4) is 0 Å². The van der Waals surface area contributed by atoms with Gasteiger partial charge in [0, 0.05) is 57.0 Å². The number of hydrogen-bond donors (Lipinski definition) is 2. The highest BCUT2D eigenvalue weighted by molar-refractivity contribution is 5.78. The molecule has 2 amide bonds. The maximum atomic E-state index is 12.9. The van der Waals surface area contributed by atoms with Crippen LogP contribution in [0, 0.1) is 11.8 Å². The Labute approximate surface area is 179 Å². The summed E-state index contributed by atoms with van der Waals surface area (Å²) in [5.41, 5.74) is 2.37. The molecular formula is C23H35N5O2. The van der Waals surface area contributed by atoms with Crippen molar-refractivity contribution in [3.8, 4) is 0 Å². The molecule has 3 aliphatic heterocycles. The molecule has 1 aromatic rings. The zero-order valence-electron chi connectivity index (χ0n) is 18.3. The summed E-state index contributed by atoms with van der Waals surface area (Å²) < 4.78 is 0. The number of rotatable bonds is 7. The lowest BCUT2D eigenvalue weighted by molar-refractivity contribution is -0.153. The Balaban J connectivity index is 1.43. The molecule has 2 bridgehead atoms. The molecule has 4 rings (SSSR count). The Morgan fingerprint density at radius 1 is 1.33 bits per heavy atom. The fraction of sp³-hybridized carbons (Fsp3) is 0.696. The zero-order chi connectivity index (χ0) is 21.1. The van der Waals surface area contributed by atoms with Gasteiger partial charge in [-0.2, -0.15) is 0 Å². The molecule has 3 aliphatic rings. The molecule has 3 fully saturated rings. The summed E-state index contributed by atoms with van der Waals surface area (Å²) in [6, 6.07) is 0.427. The monoisotopic (exact) mass is 413 g/mol. The first-order chi connectivity index (χ1) is 14.5. The van der Waals surface area contributed by atoms with Crippen LogP contribution in [0.25, 0.3) is 0 Å². The van der Waals surface area contributed by atoms with Gasteiger partial charge in [0.25, 0.3) is 0 Å². The van der Waals surface area contributed by atoms with E-state index in [2.05, 4.69) is 45.0 Å². The van der Waals surface area contributed by atoms with Crippen LogP contribution >= 0.6 is 0 Å². The van der Waals surface area contributed by atoms with Crippen molar-refractivity contribution in [1.29, 1.82) is 0 Å². The molecular weight excluding hydrogens is 378 g/mol. The van der Waals surface area contributed by atoms with Crippen LogP contribution in [0.5, 0.6) is 0 Å². The van der Waals surface area contributed by atoms with E-state index in [4.69, 9.17) is 0 Å². The van der Waals surface area contributed by atoms with E-state index in [1.54, 1.807) is 6.33 Å². The topological polar surface area (TPSA) is 81.3 Å². The molecule has 4 atom stereocenters. The number of piperidine rings is 3. The third kappa shape index (κ3) is 4.77. The number of amides is 2. The largest absolute Gasteiger partial charge is 0.354 e. The van der Waals surface area contributed by atoms with Crippen LogP contribution in [0.2, 0.25) is 0 Å². The van der Waals surface area contributed by atoms with Gasteiger partial charge in [-0.3, -0.25) is 14.5 Å². The van der Waals surface area contributed by atoms with Gasteiger partial charge in [-0.25, -0.2) is 4.98 Å². The normalized spacial score (nSPS) is 28.7. The Bertz CT molecular complexity index is 771. The van der Waals surface area contributed by atoms with Crippen molar-refractivity contribution in [2.75, 3.05) is 19.6 Å². The molecule has 7 nitrogen and oxygen atoms in total. The van der Waals surface area contributed by atoms with Gasteiger partial charge < -0.3 is 15.2 Å². The summed E-state index contributed by atoms with van der Waals surface area (Å²) in [6.45, 7) is 7.55. The lowest BCUT2D eigenvalue weighted by Gasteiger charge is -2.56. The standard InChI is InChI=1S/C23H35N5O2/c1-16(2)5-3-7-22(29)25-11-21-18-9-17(20-6-4-8-23(30)28(20)21)12-27(13-18)14-19-10-24-15-26-19/h5,10,15,17-18,20-21H,3-4,6-9,11-14H2,1-2H3,(H,24,26)(H,25,29)/t17-,18+,20+,21+/m1/s1. The van der Waals surface area contributed by atoms with Crippen LogP contribution in [-0.4, -0.2) is 63.3 Å². The number of aromatic amines is 1. The van der Waals surface area contributed by atoms with E-state index in [0.29, 0.717) is 37.3 Å². The summed E-state index contributed by atoms with van der Waals surface area (Å²) in [5, 5.41) is 3.15. The number of H-pyrrole nitrogens is 1. The summed E-state index contributed by atoms with van der Waals surface area (Å²) in [4.78, 5) is 37.3. The van der Waals surface area contributed by atoms with Gasteiger partial charge in [-0.05, 0) is 51.4 Å². The summed E-state index contributed by atoms with van der Waals surface area (Å²) >= 11 is 0. The lowest BCUT2D eigenvalue weighted by Crippen LogP contribution is -2.67. The predicted octanol–water partition coefficient (Wildman–Crippen LogP) is 2.47. The van der Waals surface area contributed by atoms with Gasteiger partial charge in [0.05, 0.1) is 12.4 Å². The molecule has 4 heterocycles. The SMILES string of the molecule is CC(C)=CCCC(=O)NC[C@H]1[C@H]2C[C@H](CN(Cc3cnc[nH]3)C2)[C@@H]2CCCC(=O)N21. The number of aromatic nitrogens is 2. The van der Waals surface area contributed by atoms with Gasteiger partial charge in [-0.1, -0.05) is 11.6 Å². The van der Waals surface area contributed by atoms with Crippen molar-refractivity contribution >= 4 is 11.8 Å². The number of nitrogens with zero attached hydrogens (tertiary/aromatic N) is 3. The fourth-order valence-electron chi connectivity index (χ4n) is 5.67. The molecule has 0 unspecified atom stereocenters. The Morgan fingerprint density at radius 3 is 2.93 bits per heavy atom. The number of likely N-dealkylation sites (tertiary alicyclic amines) is 1. The second-order valence-corrected chi connectivity index (χ2v) is 9.48. The third-order valence-electron chi connectivity index (χ3n) is 6.95. The van der Waals surface area contributed by atoms with Gasteiger partial charge >= 0.3 is 0 Å². The quantitative estimate of drug-likeness (QED) is 0.673. The van der Waals surface area contributed by atoms with Crippen LogP contribution < -0.4 is 5.32 Å². The maximum Gasteiger partial charge on any atom is 0.223 e. The summed E-state index contributed by atoms with van der Waals surface area (Å²) in [5.74, 6) is 1.30. The van der Waals surface area contributed by atoms with Crippen molar-refractivity contribution in [3.05, 3.63) is 29.9 Å². The molecule has 0 radical (unpaired) electrons. The Kier molecular flexibility index (Phi) is 6.56. The van der Waals surface area contributed by atoms with Gasteiger partial charge in [0.15, 0.2) is 0 Å². The average Bonchev–Trinajstić information content (AvgIpc) is 3.21. The van der Waals surface area contributed by atoms with E-state index in [1.165, 1.54) is 5.57 Å². The Hall–Kier alpha value is -2.15. The van der Waals surface area contributed by atoms with Gasteiger partial charge in [-0.15, -0.1) is 0 Å². The summed E-state index contributed by atoms with van der Waals surface area (Å²) in [6.07, 6.45) is 10.9. The highest BCUT2D eigenvalue weighted by Gasteiger charge is 2.49. The average molecular weight is 414 g/mol. The molecule has 2 N–H and O–H groups in total. The third-order valence-corrected chi connectivity index (χ3v) is 6.95. The van der Waals surface area contributed by atoms with Crippen molar-refractivity contribution in [3.63, 3.8) is 0 Å². The molecule has 7 heteroatoms. The first-order valence-electron chi connectivity index (χ1n) is 11.4. The van der Waals surface area contributed by atoms with Crippen molar-refractivity contribution in [1.82, 2.24) is 25.1 Å². The number of carbonyl (C=O) groups is 2. The number of hydrogen-bond acceptors (Lipinski definition) is 4. The predicted molar refractivity (Wildman–Crippen MR) is 115 cm³/mol. The second-order valence-electron chi connectivity index (χ2n) is 9.48. The van der Waals surface area contributed by atoms with Crippen LogP contribution in [0.15, 0.2) is 24.2 Å². The molecule has 1 aromatic heterocycles. The van der Waals surface area contributed by atoms with Gasteiger partial charge in [0.1, 0.15) is 0 Å². The second kappa shape index (κ2) is 9.33. The number of carbonyl (C=O) groups excluding carboxylic acids is 2. The smallest absolute Gasteiger partial charge is 0.223 e. The number of imidazole rings is 1. The van der Waals surface area contributed by atoms with Gasteiger partial charge in [0.2, 0.25) is 11.8 Å². The number of fused-ring (bicyclic) bond motifs is 4. The molecule has 0 aromatic carbocycles. The molecule has 0 aliphatic carbocycles. The van der Waals surface area contributed by atoms with Crippen molar-refractivity contribution < 1.29 is 9.59 Å². The van der Waals surface area contributed by atoms with E-state index in [9.17, 15) is 9.59 Å². The molecule has 3 saturated heterocycles. The van der Waals surface area contributed by atoms with E-state index >= 15 is 0 Å². The first kappa shape index (κ1) is 21.1. The highest BCUT2D eigenvalue weighted by Crippen LogP contribution is 2.41. The van der Waals surface area contributed by atoms with E-state index < -0.39 is 0 Å². The lowest BCUT2D eigenvalue weighted by atomic mass is 9.72. The Morgan fingerprint density at radius 2 is 2.17 bits per heavy atom. The van der Waals surface area contributed by atoms with Crippen LogP contribution in [0.4, 0.5) is 0 Å². The fourth-order valence-corrected chi connectivity index (χ4v) is 5.67. The molecule has 164 valence electrons. The van der Waals surface area contributed by atoms with E-state index in [-0.39, 0.29) is 17.9 Å². The number of allylic oxidation sites excluding steroid dienone is 2. The summed E-state index contributed by atoms with van der Waals surface area (Å²) in [7, 11) is 0. The minimum absolute atomic E-state index is 0.0840. The van der Waals surface area contributed by atoms with E-state index in [1.807, 2.05) is 6.20 Å². The molecule has 0 spiro atoms. The minimum atomic E-state index is 0.0840. The van der Waals surface area contributed by atoms with Crippen molar-refractivity contribution in [2.45, 2.75) is 71.0 Å². The number of nitrogens with one attached hydrogen (secondary N) is 2. The van der Waals surface area contributed by atoms with Crippen LogP contribution in [0.1, 0.15) is 58.1 Å². The minimum Gasteiger partial charge on any atom is -0.354 e. The molecule has 0 saturated carbocycles. The maximum absolute atomic E-state index is 12.9.